The van der Waals surface area contributed by atoms with E-state index in [4.69, 9.17) is 4.98 Å². The van der Waals surface area contributed by atoms with Crippen LogP contribution in [0.1, 0.15) is 41.6 Å². The molecule has 22 heavy (non-hydrogen) atoms. The van der Waals surface area contributed by atoms with Crippen LogP contribution in [-0.4, -0.2) is 19.7 Å². The van der Waals surface area contributed by atoms with Crippen LogP contribution in [0.4, 0.5) is 0 Å². The zero-order chi connectivity index (χ0) is 15.1. The maximum atomic E-state index is 9.80. The standard InChI is InChI=1S/C17H19N3OS/c1-2-4-15-19-20-14(10-21)16(18-17(20)22-15)13-8-7-11-5-3-6-12(11)9-13/h7-9,21H,2-6,10H2,1H3. The Kier molecular flexibility index (Phi) is 3.47. The van der Waals surface area contributed by atoms with Crippen LogP contribution in [0.25, 0.3) is 16.2 Å². The van der Waals surface area contributed by atoms with Crippen molar-refractivity contribution in [3.05, 3.63) is 40.0 Å². The first-order valence-corrected chi connectivity index (χ1v) is 8.72. The maximum absolute atomic E-state index is 9.80. The molecule has 0 unspecified atom stereocenters. The first kappa shape index (κ1) is 13.9. The molecule has 3 aromatic rings. The topological polar surface area (TPSA) is 50.4 Å². The molecule has 0 amide bonds. The van der Waals surface area contributed by atoms with Crippen molar-refractivity contribution >= 4 is 16.3 Å². The summed E-state index contributed by atoms with van der Waals surface area (Å²) in [6, 6.07) is 6.58. The van der Waals surface area contributed by atoms with Crippen molar-refractivity contribution in [2.75, 3.05) is 0 Å². The van der Waals surface area contributed by atoms with Crippen molar-refractivity contribution < 1.29 is 5.11 Å². The molecule has 0 fully saturated rings. The average molecular weight is 313 g/mol. The minimum absolute atomic E-state index is 0.0388. The lowest BCUT2D eigenvalue weighted by Gasteiger charge is -2.04. The van der Waals surface area contributed by atoms with Gasteiger partial charge in [-0.2, -0.15) is 5.10 Å². The van der Waals surface area contributed by atoms with E-state index in [2.05, 4.69) is 30.2 Å². The van der Waals surface area contributed by atoms with Gasteiger partial charge in [-0.1, -0.05) is 30.4 Å². The second-order valence-corrected chi connectivity index (χ2v) is 6.88. The lowest BCUT2D eigenvalue weighted by Crippen LogP contribution is -1.97. The summed E-state index contributed by atoms with van der Waals surface area (Å²) in [6.45, 7) is 2.11. The summed E-state index contributed by atoms with van der Waals surface area (Å²) in [5, 5.41) is 15.5. The Labute approximate surface area is 133 Å². The summed E-state index contributed by atoms with van der Waals surface area (Å²) in [4.78, 5) is 5.62. The molecule has 4 nitrogen and oxygen atoms in total. The van der Waals surface area contributed by atoms with E-state index in [1.54, 1.807) is 11.3 Å². The van der Waals surface area contributed by atoms with Crippen molar-refractivity contribution in [3.63, 3.8) is 0 Å². The van der Waals surface area contributed by atoms with E-state index in [-0.39, 0.29) is 6.61 Å². The number of imidazole rings is 1. The number of fused-ring (bicyclic) bond motifs is 2. The number of hydrogen-bond donors (Lipinski definition) is 1. The first-order valence-electron chi connectivity index (χ1n) is 7.90. The van der Waals surface area contributed by atoms with E-state index in [1.807, 2.05) is 4.52 Å². The van der Waals surface area contributed by atoms with Crippen LogP contribution in [0.2, 0.25) is 0 Å². The SMILES string of the molecule is CCCc1nn2c(CO)c(-c3ccc4c(c3)CCC4)nc2s1. The molecule has 0 atom stereocenters. The monoisotopic (exact) mass is 313 g/mol. The molecule has 0 spiro atoms. The number of hydrogen-bond acceptors (Lipinski definition) is 4. The molecule has 4 rings (SSSR count). The number of aliphatic hydroxyl groups is 1. The van der Waals surface area contributed by atoms with E-state index in [9.17, 15) is 5.11 Å². The van der Waals surface area contributed by atoms with Crippen molar-refractivity contribution in [2.45, 2.75) is 45.6 Å². The largest absolute Gasteiger partial charge is 0.390 e. The molecular formula is C17H19N3OS. The van der Waals surface area contributed by atoms with Gasteiger partial charge in [-0.25, -0.2) is 9.50 Å². The Hall–Kier alpha value is -1.72. The number of rotatable bonds is 4. The minimum atomic E-state index is -0.0388. The highest BCUT2D eigenvalue weighted by atomic mass is 32.1. The third-order valence-electron chi connectivity index (χ3n) is 4.32. The highest BCUT2D eigenvalue weighted by Gasteiger charge is 2.19. The fourth-order valence-electron chi connectivity index (χ4n) is 3.24. The van der Waals surface area contributed by atoms with Gasteiger partial charge in [0, 0.05) is 12.0 Å². The van der Waals surface area contributed by atoms with Gasteiger partial charge >= 0.3 is 0 Å². The molecule has 114 valence electrons. The minimum Gasteiger partial charge on any atom is -0.390 e. The predicted octanol–water partition coefficient (Wildman–Crippen LogP) is 3.39. The molecule has 1 aromatic carbocycles. The van der Waals surface area contributed by atoms with Crippen LogP contribution in [0.3, 0.4) is 0 Å². The van der Waals surface area contributed by atoms with Crippen LogP contribution in [0, 0.1) is 0 Å². The summed E-state index contributed by atoms with van der Waals surface area (Å²) < 4.78 is 1.82. The summed E-state index contributed by atoms with van der Waals surface area (Å²) in [5.41, 5.74) is 5.65. The highest BCUT2D eigenvalue weighted by Crippen LogP contribution is 2.31. The number of benzene rings is 1. The van der Waals surface area contributed by atoms with Crippen LogP contribution in [0.15, 0.2) is 18.2 Å². The molecule has 2 aromatic heterocycles. The van der Waals surface area contributed by atoms with Crippen molar-refractivity contribution in [1.29, 1.82) is 0 Å². The molecular weight excluding hydrogens is 294 g/mol. The quantitative estimate of drug-likeness (QED) is 0.803. The molecule has 5 heteroatoms. The Balaban J connectivity index is 1.82. The van der Waals surface area contributed by atoms with E-state index in [1.165, 1.54) is 24.0 Å². The average Bonchev–Trinajstić information content (AvgIpc) is 3.19. The van der Waals surface area contributed by atoms with Gasteiger partial charge in [-0.05, 0) is 42.9 Å². The van der Waals surface area contributed by atoms with Gasteiger partial charge in [0.25, 0.3) is 0 Å². The fourth-order valence-corrected chi connectivity index (χ4v) is 4.25. The zero-order valence-electron chi connectivity index (χ0n) is 12.7. The van der Waals surface area contributed by atoms with Crippen LogP contribution < -0.4 is 0 Å². The van der Waals surface area contributed by atoms with Gasteiger partial charge in [0.2, 0.25) is 4.96 Å². The number of aryl methyl sites for hydroxylation is 3. The number of nitrogens with zero attached hydrogens (tertiary/aromatic N) is 3. The van der Waals surface area contributed by atoms with E-state index < -0.39 is 0 Å². The van der Waals surface area contributed by atoms with Gasteiger partial charge in [-0.3, -0.25) is 0 Å². The van der Waals surface area contributed by atoms with Gasteiger partial charge in [-0.15, -0.1) is 0 Å². The van der Waals surface area contributed by atoms with E-state index in [0.29, 0.717) is 0 Å². The molecule has 1 aliphatic carbocycles. The second-order valence-electron chi connectivity index (χ2n) is 5.84. The molecule has 1 aliphatic rings. The Morgan fingerprint density at radius 3 is 2.95 bits per heavy atom. The molecule has 0 saturated heterocycles. The normalized spacial score (nSPS) is 13.9. The third-order valence-corrected chi connectivity index (χ3v) is 5.29. The Bertz CT molecular complexity index is 834. The van der Waals surface area contributed by atoms with E-state index >= 15 is 0 Å². The summed E-state index contributed by atoms with van der Waals surface area (Å²) in [6.07, 6.45) is 5.61. The Morgan fingerprint density at radius 2 is 2.14 bits per heavy atom. The van der Waals surface area contributed by atoms with Gasteiger partial charge in [0.05, 0.1) is 18.0 Å². The van der Waals surface area contributed by atoms with Gasteiger partial charge in [0.15, 0.2) is 0 Å². The maximum Gasteiger partial charge on any atom is 0.213 e. The third kappa shape index (κ3) is 2.16. The number of aliphatic hydroxyl groups excluding tert-OH is 1. The first-order chi connectivity index (χ1) is 10.8. The second kappa shape index (κ2) is 5.48. The summed E-state index contributed by atoms with van der Waals surface area (Å²) >= 11 is 1.62. The van der Waals surface area contributed by atoms with Crippen LogP contribution >= 0.6 is 11.3 Å². The summed E-state index contributed by atoms with van der Waals surface area (Å²) in [7, 11) is 0. The zero-order valence-corrected chi connectivity index (χ0v) is 13.5. The van der Waals surface area contributed by atoms with Crippen molar-refractivity contribution in [3.8, 4) is 11.3 Å². The molecule has 0 saturated carbocycles. The van der Waals surface area contributed by atoms with Crippen molar-refractivity contribution in [1.82, 2.24) is 14.6 Å². The number of aromatic nitrogens is 3. The van der Waals surface area contributed by atoms with Crippen LogP contribution in [0.5, 0.6) is 0 Å². The molecule has 2 heterocycles. The van der Waals surface area contributed by atoms with E-state index in [0.717, 1.165) is 46.2 Å². The van der Waals surface area contributed by atoms with Gasteiger partial charge < -0.3 is 5.11 Å². The lowest BCUT2D eigenvalue weighted by atomic mass is 10.0. The predicted molar refractivity (Wildman–Crippen MR) is 88.2 cm³/mol. The Morgan fingerprint density at radius 1 is 1.27 bits per heavy atom. The fraction of sp³-hybridized carbons (Fsp3) is 0.412. The molecule has 0 radical (unpaired) electrons. The lowest BCUT2D eigenvalue weighted by molar-refractivity contribution is 0.275. The molecule has 0 bridgehead atoms. The van der Waals surface area contributed by atoms with Crippen LogP contribution in [-0.2, 0) is 25.9 Å². The van der Waals surface area contributed by atoms with Crippen molar-refractivity contribution in [2.24, 2.45) is 0 Å². The molecule has 0 aliphatic heterocycles. The smallest absolute Gasteiger partial charge is 0.213 e. The van der Waals surface area contributed by atoms with Gasteiger partial charge in [0.1, 0.15) is 5.01 Å². The molecule has 1 N–H and O–H groups in total. The summed E-state index contributed by atoms with van der Waals surface area (Å²) in [5.74, 6) is 0. The highest BCUT2D eigenvalue weighted by molar-refractivity contribution is 7.16.